The second kappa shape index (κ2) is 8.18. The molecule has 0 aliphatic carbocycles. The first kappa shape index (κ1) is 19.3. The van der Waals surface area contributed by atoms with Gasteiger partial charge in [0.05, 0.1) is 12.2 Å². The molecule has 3 heterocycles. The molecule has 0 spiro atoms. The maximum atomic E-state index is 9.06. The Morgan fingerprint density at radius 3 is 2.72 bits per heavy atom. The van der Waals surface area contributed by atoms with Gasteiger partial charge in [-0.05, 0) is 38.7 Å². The summed E-state index contributed by atoms with van der Waals surface area (Å²) in [5, 5.41) is 13.1. The van der Waals surface area contributed by atoms with Gasteiger partial charge in [-0.3, -0.25) is 0 Å². The Bertz CT molecular complexity index is 1050. The van der Waals surface area contributed by atoms with Crippen molar-refractivity contribution in [3.05, 3.63) is 57.7 Å². The summed E-state index contributed by atoms with van der Waals surface area (Å²) >= 11 is 1.33. The van der Waals surface area contributed by atoms with Crippen LogP contribution < -0.4 is 10.2 Å². The Kier molecular flexibility index (Phi) is 5.45. The lowest BCUT2D eigenvalue weighted by molar-refractivity contribution is 0.699. The normalized spacial score (nSPS) is 16.1. The van der Waals surface area contributed by atoms with Gasteiger partial charge >= 0.3 is 0 Å². The van der Waals surface area contributed by atoms with Crippen molar-refractivity contribution in [2.45, 2.75) is 46.1 Å². The molecule has 1 aliphatic heterocycles. The molecular formula is C22H24N6S. The van der Waals surface area contributed by atoms with Crippen LogP contribution in [0.25, 0.3) is 0 Å². The highest BCUT2D eigenvalue weighted by molar-refractivity contribution is 7.16. The second-order valence-corrected chi connectivity index (χ2v) is 8.35. The van der Waals surface area contributed by atoms with Crippen molar-refractivity contribution in [3.63, 3.8) is 0 Å². The number of benzene rings is 1. The Morgan fingerprint density at radius 2 is 2.03 bits per heavy atom. The third-order valence-electron chi connectivity index (χ3n) is 5.37. The molecule has 0 bridgehead atoms. The summed E-state index contributed by atoms with van der Waals surface area (Å²) in [5.41, 5.74) is 4.63. The summed E-state index contributed by atoms with van der Waals surface area (Å²) in [7, 11) is 0. The van der Waals surface area contributed by atoms with Crippen LogP contribution in [-0.4, -0.2) is 21.5 Å². The minimum Gasteiger partial charge on any atom is -0.334 e. The third kappa shape index (κ3) is 3.94. The molecular weight excluding hydrogens is 380 g/mol. The van der Waals surface area contributed by atoms with Crippen LogP contribution in [0.15, 0.2) is 30.5 Å². The molecule has 0 unspecified atom stereocenters. The fourth-order valence-corrected chi connectivity index (χ4v) is 4.48. The van der Waals surface area contributed by atoms with Crippen LogP contribution in [0.5, 0.6) is 0 Å². The van der Waals surface area contributed by atoms with Gasteiger partial charge in [-0.1, -0.05) is 48.1 Å². The minimum atomic E-state index is 0.292. The average Bonchev–Trinajstić information content (AvgIpc) is 3.38. The Morgan fingerprint density at radius 1 is 1.24 bits per heavy atom. The summed E-state index contributed by atoms with van der Waals surface area (Å²) in [6.45, 7) is 7.19. The Balaban J connectivity index is 1.69. The van der Waals surface area contributed by atoms with E-state index in [1.54, 1.807) is 6.20 Å². The molecule has 1 atom stereocenters. The molecule has 0 saturated carbocycles. The summed E-state index contributed by atoms with van der Waals surface area (Å²) in [6, 6.07) is 11.2. The molecule has 0 radical (unpaired) electrons. The van der Waals surface area contributed by atoms with E-state index in [2.05, 4.69) is 59.4 Å². The molecule has 1 fully saturated rings. The van der Waals surface area contributed by atoms with Gasteiger partial charge < -0.3 is 10.2 Å². The lowest BCUT2D eigenvalue weighted by atomic mass is 10.0. The zero-order valence-electron chi connectivity index (χ0n) is 16.9. The van der Waals surface area contributed by atoms with E-state index in [9.17, 15) is 0 Å². The zero-order chi connectivity index (χ0) is 20.4. The first-order chi connectivity index (χ1) is 14.1. The monoisotopic (exact) mass is 404 g/mol. The standard InChI is InChI=1S/C22H24N6S/c1-4-18-15(3)25-21(26-20(18)27-22-24-13-17(12-23)29-22)28-11-5-6-19(28)16-9-7-14(2)8-10-16/h7-10,13,19H,4-6,11H2,1-3H3,(H,24,25,26,27)/t19-/m0/s1. The summed E-state index contributed by atoms with van der Waals surface area (Å²) < 4.78 is 0. The zero-order valence-corrected chi connectivity index (χ0v) is 17.8. The van der Waals surface area contributed by atoms with Crippen molar-refractivity contribution in [1.29, 1.82) is 5.26 Å². The van der Waals surface area contributed by atoms with Crippen LogP contribution in [-0.2, 0) is 6.42 Å². The topological polar surface area (TPSA) is 77.7 Å². The number of nitriles is 1. The number of rotatable bonds is 5. The number of nitrogens with zero attached hydrogens (tertiary/aromatic N) is 5. The SMILES string of the molecule is CCc1c(C)nc(N2CCC[C@H]2c2ccc(C)cc2)nc1Nc1ncc(C#N)s1. The molecule has 3 aromatic rings. The fourth-order valence-electron chi connectivity index (χ4n) is 3.86. The molecule has 1 aromatic carbocycles. The van der Waals surface area contributed by atoms with E-state index in [0.717, 1.165) is 48.8 Å². The van der Waals surface area contributed by atoms with Crippen LogP contribution in [0.1, 0.15) is 53.1 Å². The highest BCUT2D eigenvalue weighted by Crippen LogP contribution is 2.36. The van der Waals surface area contributed by atoms with Crippen LogP contribution in [0.3, 0.4) is 0 Å². The molecule has 0 amide bonds. The second-order valence-electron chi connectivity index (χ2n) is 7.32. The molecule has 1 aliphatic rings. The molecule has 1 saturated heterocycles. The van der Waals surface area contributed by atoms with Crippen LogP contribution in [0, 0.1) is 25.2 Å². The van der Waals surface area contributed by atoms with Gasteiger partial charge in [-0.2, -0.15) is 10.2 Å². The molecule has 6 nitrogen and oxygen atoms in total. The van der Waals surface area contributed by atoms with Crippen molar-refractivity contribution in [2.24, 2.45) is 0 Å². The number of hydrogen-bond donors (Lipinski definition) is 1. The molecule has 7 heteroatoms. The number of hydrogen-bond acceptors (Lipinski definition) is 7. The number of thiazole rings is 1. The number of anilines is 3. The van der Waals surface area contributed by atoms with Gasteiger partial charge in [0.1, 0.15) is 16.8 Å². The smallest absolute Gasteiger partial charge is 0.228 e. The van der Waals surface area contributed by atoms with Crippen molar-refractivity contribution >= 4 is 28.2 Å². The lowest BCUT2D eigenvalue weighted by Gasteiger charge is -2.26. The van der Waals surface area contributed by atoms with Crippen molar-refractivity contribution in [1.82, 2.24) is 15.0 Å². The first-order valence-corrected chi connectivity index (χ1v) is 10.7. The van der Waals surface area contributed by atoms with Crippen LogP contribution >= 0.6 is 11.3 Å². The summed E-state index contributed by atoms with van der Waals surface area (Å²) in [4.78, 5) is 16.9. The van der Waals surface area contributed by atoms with Crippen LogP contribution in [0.2, 0.25) is 0 Å². The maximum absolute atomic E-state index is 9.06. The fraction of sp³-hybridized carbons (Fsp3) is 0.364. The quantitative estimate of drug-likeness (QED) is 0.640. The third-order valence-corrected chi connectivity index (χ3v) is 6.19. The maximum Gasteiger partial charge on any atom is 0.228 e. The van der Waals surface area contributed by atoms with E-state index < -0.39 is 0 Å². The van der Waals surface area contributed by atoms with Gasteiger partial charge in [0, 0.05) is 17.8 Å². The predicted molar refractivity (Wildman–Crippen MR) is 117 cm³/mol. The van der Waals surface area contributed by atoms with E-state index in [0.29, 0.717) is 16.1 Å². The number of nitrogens with one attached hydrogen (secondary N) is 1. The molecule has 2 aromatic heterocycles. The highest BCUT2D eigenvalue weighted by Gasteiger charge is 2.29. The van der Waals surface area contributed by atoms with Crippen molar-refractivity contribution < 1.29 is 0 Å². The largest absolute Gasteiger partial charge is 0.334 e. The van der Waals surface area contributed by atoms with Crippen molar-refractivity contribution in [3.8, 4) is 6.07 Å². The van der Waals surface area contributed by atoms with Gasteiger partial charge in [0.25, 0.3) is 0 Å². The first-order valence-electron chi connectivity index (χ1n) is 9.92. The number of aryl methyl sites for hydroxylation is 2. The van der Waals surface area contributed by atoms with E-state index in [1.165, 1.54) is 22.5 Å². The lowest BCUT2D eigenvalue weighted by Crippen LogP contribution is -2.25. The van der Waals surface area contributed by atoms with Gasteiger partial charge in [-0.25, -0.2) is 9.97 Å². The van der Waals surface area contributed by atoms with Crippen molar-refractivity contribution in [2.75, 3.05) is 16.8 Å². The summed E-state index contributed by atoms with van der Waals surface area (Å²) in [5.74, 6) is 1.53. The predicted octanol–water partition coefficient (Wildman–Crippen LogP) is 5.07. The molecule has 148 valence electrons. The minimum absolute atomic E-state index is 0.292. The Labute approximate surface area is 175 Å². The van der Waals surface area contributed by atoms with E-state index in [1.807, 2.05) is 6.92 Å². The van der Waals surface area contributed by atoms with E-state index >= 15 is 0 Å². The van der Waals surface area contributed by atoms with E-state index in [-0.39, 0.29) is 0 Å². The van der Waals surface area contributed by atoms with Gasteiger partial charge in [0.2, 0.25) is 5.95 Å². The number of aromatic nitrogens is 3. The summed E-state index contributed by atoms with van der Waals surface area (Å²) in [6.07, 6.45) is 4.63. The van der Waals surface area contributed by atoms with Gasteiger partial charge in [0.15, 0.2) is 5.13 Å². The Hall–Kier alpha value is -2.98. The molecule has 29 heavy (non-hydrogen) atoms. The van der Waals surface area contributed by atoms with Crippen LogP contribution in [0.4, 0.5) is 16.9 Å². The molecule has 4 rings (SSSR count). The average molecular weight is 405 g/mol. The highest BCUT2D eigenvalue weighted by atomic mass is 32.1. The van der Waals surface area contributed by atoms with E-state index in [4.69, 9.17) is 15.2 Å². The van der Waals surface area contributed by atoms with Gasteiger partial charge in [-0.15, -0.1) is 0 Å². The molecule has 1 N–H and O–H groups in total.